The van der Waals surface area contributed by atoms with E-state index in [0.717, 1.165) is 64.7 Å². The highest BCUT2D eigenvalue weighted by Gasteiger charge is 2.14. The zero-order valence-electron chi connectivity index (χ0n) is 16.5. The molecule has 0 atom stereocenters. The SMILES string of the molecule is CN1CCN(c2ccc(NCCC(=O)NCCN3CCOCC3)cc2)CC1. The van der Waals surface area contributed by atoms with E-state index >= 15 is 0 Å². The zero-order chi connectivity index (χ0) is 18.9. The molecule has 0 spiro atoms. The molecular weight excluding hydrogens is 342 g/mol. The van der Waals surface area contributed by atoms with Crippen LogP contribution < -0.4 is 15.5 Å². The Morgan fingerprint density at radius 3 is 2.41 bits per heavy atom. The first-order valence-electron chi connectivity index (χ1n) is 10.0. The Bertz CT molecular complexity index is 566. The minimum atomic E-state index is 0.102. The van der Waals surface area contributed by atoms with Crippen LogP contribution in [0.1, 0.15) is 6.42 Å². The number of nitrogens with one attached hydrogen (secondary N) is 2. The summed E-state index contributed by atoms with van der Waals surface area (Å²) in [5, 5.41) is 6.34. The molecule has 1 aromatic carbocycles. The Hall–Kier alpha value is -1.83. The number of anilines is 2. The van der Waals surface area contributed by atoms with Crippen molar-refractivity contribution in [2.75, 3.05) is 89.4 Å². The molecule has 0 saturated carbocycles. The maximum Gasteiger partial charge on any atom is 0.221 e. The summed E-state index contributed by atoms with van der Waals surface area (Å²) in [4.78, 5) is 19.1. The average molecular weight is 376 g/mol. The largest absolute Gasteiger partial charge is 0.385 e. The lowest BCUT2D eigenvalue weighted by Crippen LogP contribution is -2.44. The van der Waals surface area contributed by atoms with Crippen LogP contribution in [0.5, 0.6) is 0 Å². The van der Waals surface area contributed by atoms with Crippen molar-refractivity contribution in [3.05, 3.63) is 24.3 Å². The number of morpholine rings is 1. The number of ether oxygens (including phenoxy) is 1. The minimum absolute atomic E-state index is 0.102. The summed E-state index contributed by atoms with van der Waals surface area (Å²) < 4.78 is 5.33. The molecule has 27 heavy (non-hydrogen) atoms. The first kappa shape index (κ1) is 19.9. The highest BCUT2D eigenvalue weighted by Crippen LogP contribution is 2.19. The maximum absolute atomic E-state index is 12.0. The second-order valence-corrected chi connectivity index (χ2v) is 7.32. The van der Waals surface area contributed by atoms with Gasteiger partial charge in [0.1, 0.15) is 0 Å². The van der Waals surface area contributed by atoms with Gasteiger partial charge in [-0.15, -0.1) is 0 Å². The molecule has 150 valence electrons. The molecule has 2 aliphatic heterocycles. The topological polar surface area (TPSA) is 60.1 Å². The number of rotatable bonds is 8. The van der Waals surface area contributed by atoms with Crippen LogP contribution in [0.25, 0.3) is 0 Å². The van der Waals surface area contributed by atoms with Gasteiger partial charge < -0.3 is 25.2 Å². The molecule has 2 heterocycles. The molecule has 1 aromatic rings. The van der Waals surface area contributed by atoms with E-state index in [0.29, 0.717) is 19.5 Å². The number of nitrogens with zero attached hydrogens (tertiary/aromatic N) is 3. The van der Waals surface area contributed by atoms with Gasteiger partial charge in [0.25, 0.3) is 0 Å². The molecule has 0 unspecified atom stereocenters. The van der Waals surface area contributed by atoms with Crippen LogP contribution >= 0.6 is 0 Å². The summed E-state index contributed by atoms with van der Waals surface area (Å²) in [5.74, 6) is 0.102. The van der Waals surface area contributed by atoms with E-state index in [1.54, 1.807) is 0 Å². The Morgan fingerprint density at radius 2 is 1.70 bits per heavy atom. The van der Waals surface area contributed by atoms with Crippen molar-refractivity contribution in [2.45, 2.75) is 6.42 Å². The highest BCUT2D eigenvalue weighted by molar-refractivity contribution is 5.76. The van der Waals surface area contributed by atoms with Crippen LogP contribution in [0.3, 0.4) is 0 Å². The van der Waals surface area contributed by atoms with Crippen LogP contribution in [-0.2, 0) is 9.53 Å². The Morgan fingerprint density at radius 1 is 1.00 bits per heavy atom. The monoisotopic (exact) mass is 375 g/mol. The number of carbonyl (C=O) groups excluding carboxylic acids is 1. The number of piperazine rings is 1. The van der Waals surface area contributed by atoms with Gasteiger partial charge in [-0.2, -0.15) is 0 Å². The second-order valence-electron chi connectivity index (χ2n) is 7.32. The van der Waals surface area contributed by atoms with Gasteiger partial charge in [-0.25, -0.2) is 0 Å². The van der Waals surface area contributed by atoms with E-state index in [1.807, 2.05) is 0 Å². The molecule has 2 N–H and O–H groups in total. The molecule has 0 radical (unpaired) electrons. The molecular formula is C20H33N5O2. The molecule has 3 rings (SSSR count). The van der Waals surface area contributed by atoms with E-state index in [-0.39, 0.29) is 5.91 Å². The number of carbonyl (C=O) groups is 1. The predicted octanol–water partition coefficient (Wildman–Crippen LogP) is 0.689. The molecule has 2 fully saturated rings. The molecule has 1 amide bonds. The first-order valence-corrected chi connectivity index (χ1v) is 10.0. The summed E-state index contributed by atoms with van der Waals surface area (Å²) >= 11 is 0. The fourth-order valence-corrected chi connectivity index (χ4v) is 3.44. The standard InChI is InChI=1S/C20H33N5O2/c1-23-10-12-25(13-11-23)19-4-2-18(3-5-19)21-7-6-20(26)22-8-9-24-14-16-27-17-15-24/h2-5,21H,6-17H2,1H3,(H,22,26). The fraction of sp³-hybridized carbons (Fsp3) is 0.650. The number of hydrogen-bond acceptors (Lipinski definition) is 6. The summed E-state index contributed by atoms with van der Waals surface area (Å²) in [5.41, 5.74) is 2.34. The molecule has 0 bridgehead atoms. The lowest BCUT2D eigenvalue weighted by Gasteiger charge is -2.34. The third-order valence-electron chi connectivity index (χ3n) is 5.27. The van der Waals surface area contributed by atoms with Gasteiger partial charge in [-0.05, 0) is 31.3 Å². The van der Waals surface area contributed by atoms with Crippen molar-refractivity contribution in [1.29, 1.82) is 0 Å². The van der Waals surface area contributed by atoms with Crippen LogP contribution in [0.2, 0.25) is 0 Å². The van der Waals surface area contributed by atoms with E-state index in [4.69, 9.17) is 4.74 Å². The van der Waals surface area contributed by atoms with Crippen LogP contribution in [-0.4, -0.2) is 94.9 Å². The van der Waals surface area contributed by atoms with Gasteiger partial charge >= 0.3 is 0 Å². The van der Waals surface area contributed by atoms with Crippen molar-refractivity contribution < 1.29 is 9.53 Å². The third kappa shape index (κ3) is 6.68. The van der Waals surface area contributed by atoms with Crippen molar-refractivity contribution >= 4 is 17.3 Å². The number of benzene rings is 1. The van der Waals surface area contributed by atoms with E-state index in [1.165, 1.54) is 5.69 Å². The molecule has 7 heteroatoms. The molecule has 7 nitrogen and oxygen atoms in total. The zero-order valence-corrected chi connectivity index (χ0v) is 16.5. The first-order chi connectivity index (χ1) is 13.2. The van der Waals surface area contributed by atoms with Gasteiger partial charge in [0.2, 0.25) is 5.91 Å². The van der Waals surface area contributed by atoms with Gasteiger partial charge in [-0.3, -0.25) is 9.69 Å². The minimum Gasteiger partial charge on any atom is -0.385 e. The number of likely N-dealkylation sites (N-methyl/N-ethyl adjacent to an activating group) is 1. The Labute approximate surface area is 162 Å². The number of hydrogen-bond donors (Lipinski definition) is 2. The van der Waals surface area contributed by atoms with Gasteiger partial charge in [0, 0.05) is 76.7 Å². The molecule has 2 aliphatic rings. The van der Waals surface area contributed by atoms with Gasteiger partial charge in [-0.1, -0.05) is 0 Å². The van der Waals surface area contributed by atoms with E-state index in [9.17, 15) is 4.79 Å². The lowest BCUT2D eigenvalue weighted by atomic mass is 10.2. The van der Waals surface area contributed by atoms with Crippen molar-refractivity contribution in [1.82, 2.24) is 15.1 Å². The fourth-order valence-electron chi connectivity index (χ4n) is 3.44. The maximum atomic E-state index is 12.0. The van der Waals surface area contributed by atoms with Crippen LogP contribution in [0.15, 0.2) is 24.3 Å². The van der Waals surface area contributed by atoms with Crippen molar-refractivity contribution in [2.24, 2.45) is 0 Å². The summed E-state index contributed by atoms with van der Waals surface area (Å²) in [6, 6.07) is 8.53. The Kier molecular flexibility index (Phi) is 7.74. The van der Waals surface area contributed by atoms with Crippen molar-refractivity contribution in [3.63, 3.8) is 0 Å². The normalized spacial score (nSPS) is 19.1. The van der Waals surface area contributed by atoms with Crippen LogP contribution in [0, 0.1) is 0 Å². The smallest absolute Gasteiger partial charge is 0.221 e. The third-order valence-corrected chi connectivity index (χ3v) is 5.27. The summed E-state index contributed by atoms with van der Waals surface area (Å²) in [7, 11) is 2.17. The van der Waals surface area contributed by atoms with E-state index < -0.39 is 0 Å². The molecule has 2 saturated heterocycles. The van der Waals surface area contributed by atoms with E-state index in [2.05, 4.69) is 56.6 Å². The van der Waals surface area contributed by atoms with Gasteiger partial charge in [0.15, 0.2) is 0 Å². The van der Waals surface area contributed by atoms with Crippen molar-refractivity contribution in [3.8, 4) is 0 Å². The lowest BCUT2D eigenvalue weighted by molar-refractivity contribution is -0.120. The second kappa shape index (κ2) is 10.5. The molecule has 0 aliphatic carbocycles. The predicted molar refractivity (Wildman–Crippen MR) is 110 cm³/mol. The quantitative estimate of drug-likeness (QED) is 0.697. The summed E-state index contributed by atoms with van der Waals surface area (Å²) in [6.45, 7) is 10.1. The Balaban J connectivity index is 1.29. The average Bonchev–Trinajstić information content (AvgIpc) is 2.70. The number of amides is 1. The highest BCUT2D eigenvalue weighted by atomic mass is 16.5. The van der Waals surface area contributed by atoms with Crippen LogP contribution in [0.4, 0.5) is 11.4 Å². The summed E-state index contributed by atoms with van der Waals surface area (Å²) in [6.07, 6.45) is 0.489. The van der Waals surface area contributed by atoms with Gasteiger partial charge in [0.05, 0.1) is 13.2 Å². The molecule has 0 aromatic heterocycles.